The van der Waals surface area contributed by atoms with Crippen molar-refractivity contribution in [3.63, 3.8) is 0 Å². The molecule has 0 spiro atoms. The fraction of sp³-hybridized carbons (Fsp3) is 0.500. The summed E-state index contributed by atoms with van der Waals surface area (Å²) in [7, 11) is 2.07. The highest BCUT2D eigenvalue weighted by Crippen LogP contribution is 2.27. The Labute approximate surface area is 101 Å². The molecule has 1 aromatic carbocycles. The van der Waals surface area contributed by atoms with Crippen molar-refractivity contribution in [2.75, 3.05) is 20.1 Å². The zero-order valence-electron chi connectivity index (χ0n) is 9.41. The van der Waals surface area contributed by atoms with E-state index in [1.807, 2.05) is 6.07 Å². The Balaban J connectivity index is 2.07. The first-order valence-electron chi connectivity index (χ1n) is 5.56. The van der Waals surface area contributed by atoms with E-state index in [0.29, 0.717) is 17.6 Å². The van der Waals surface area contributed by atoms with Gasteiger partial charge in [-0.25, -0.2) is 0 Å². The second kappa shape index (κ2) is 5.04. The van der Waals surface area contributed by atoms with E-state index in [4.69, 9.17) is 11.6 Å². The lowest BCUT2D eigenvalue weighted by molar-refractivity contribution is 0.246. The average Bonchev–Trinajstić information content (AvgIpc) is 2.76. The van der Waals surface area contributed by atoms with Crippen LogP contribution in [-0.4, -0.2) is 36.2 Å². The second-order valence-electron chi connectivity index (χ2n) is 4.30. The van der Waals surface area contributed by atoms with Crippen LogP contribution in [0.25, 0.3) is 0 Å². The number of aromatic hydroxyl groups is 1. The molecule has 3 nitrogen and oxygen atoms in total. The van der Waals surface area contributed by atoms with Gasteiger partial charge in [0.15, 0.2) is 0 Å². The summed E-state index contributed by atoms with van der Waals surface area (Å²) in [5.74, 6) is 0.283. The minimum Gasteiger partial charge on any atom is -0.508 e. The zero-order valence-corrected chi connectivity index (χ0v) is 10.2. The molecule has 1 aliphatic rings. The van der Waals surface area contributed by atoms with Gasteiger partial charge in [0, 0.05) is 29.7 Å². The first-order valence-corrected chi connectivity index (χ1v) is 5.93. The van der Waals surface area contributed by atoms with Crippen molar-refractivity contribution in [3.05, 3.63) is 28.8 Å². The van der Waals surface area contributed by atoms with E-state index in [-0.39, 0.29) is 5.75 Å². The van der Waals surface area contributed by atoms with Crippen LogP contribution < -0.4 is 5.32 Å². The van der Waals surface area contributed by atoms with E-state index in [1.54, 1.807) is 12.1 Å². The Morgan fingerprint density at radius 1 is 1.56 bits per heavy atom. The number of nitrogens with one attached hydrogen (secondary N) is 1. The van der Waals surface area contributed by atoms with E-state index in [0.717, 1.165) is 25.1 Å². The van der Waals surface area contributed by atoms with Gasteiger partial charge in [0.25, 0.3) is 0 Å². The van der Waals surface area contributed by atoms with Crippen molar-refractivity contribution in [1.82, 2.24) is 10.2 Å². The highest BCUT2D eigenvalue weighted by Gasteiger charge is 2.20. The third kappa shape index (κ3) is 2.48. The van der Waals surface area contributed by atoms with Crippen molar-refractivity contribution in [2.24, 2.45) is 0 Å². The van der Waals surface area contributed by atoms with Crippen LogP contribution >= 0.6 is 11.6 Å². The molecular weight excluding hydrogens is 224 g/mol. The Hall–Kier alpha value is -0.770. The molecule has 1 fully saturated rings. The van der Waals surface area contributed by atoms with Crippen LogP contribution in [0.5, 0.6) is 5.75 Å². The quantitative estimate of drug-likeness (QED) is 0.847. The number of phenolic OH excluding ortho intramolecular Hbond substituents is 1. The lowest BCUT2D eigenvalue weighted by Gasteiger charge is -2.24. The maximum Gasteiger partial charge on any atom is 0.121 e. The van der Waals surface area contributed by atoms with Crippen LogP contribution in [0.2, 0.25) is 5.02 Å². The minimum atomic E-state index is 0.283. The summed E-state index contributed by atoms with van der Waals surface area (Å²) in [5.41, 5.74) is 0.818. The van der Waals surface area contributed by atoms with Gasteiger partial charge in [-0.3, -0.25) is 4.90 Å². The lowest BCUT2D eigenvalue weighted by Crippen LogP contribution is -2.32. The normalized spacial score (nSPS) is 20.6. The van der Waals surface area contributed by atoms with Gasteiger partial charge in [-0.2, -0.15) is 0 Å². The van der Waals surface area contributed by atoms with Gasteiger partial charge >= 0.3 is 0 Å². The number of rotatable bonds is 3. The van der Waals surface area contributed by atoms with Crippen molar-refractivity contribution >= 4 is 11.6 Å². The predicted molar refractivity (Wildman–Crippen MR) is 65.9 cm³/mol. The second-order valence-corrected chi connectivity index (χ2v) is 4.71. The fourth-order valence-corrected chi connectivity index (χ4v) is 2.33. The molecule has 1 heterocycles. The van der Waals surface area contributed by atoms with Crippen LogP contribution in [0.1, 0.15) is 12.0 Å². The molecule has 88 valence electrons. The Morgan fingerprint density at radius 3 is 3.00 bits per heavy atom. The molecule has 0 aliphatic carbocycles. The predicted octanol–water partition coefficient (Wildman–Crippen LogP) is 1.84. The van der Waals surface area contributed by atoms with E-state index in [9.17, 15) is 5.11 Å². The minimum absolute atomic E-state index is 0.283. The maximum absolute atomic E-state index is 9.76. The Kier molecular flexibility index (Phi) is 3.69. The molecule has 16 heavy (non-hydrogen) atoms. The number of phenols is 1. The molecule has 4 heteroatoms. The molecule has 2 N–H and O–H groups in total. The standard InChI is InChI=1S/C12H17ClN2O/c1-15(9-5-6-14-7-9)8-10-11(13)3-2-4-12(10)16/h2-4,9,14,16H,5-8H2,1H3. The summed E-state index contributed by atoms with van der Waals surface area (Å²) in [4.78, 5) is 2.24. The summed E-state index contributed by atoms with van der Waals surface area (Å²) < 4.78 is 0. The number of hydrogen-bond donors (Lipinski definition) is 2. The summed E-state index contributed by atoms with van der Waals surface area (Å²) >= 11 is 6.08. The molecule has 0 bridgehead atoms. The van der Waals surface area contributed by atoms with Crippen molar-refractivity contribution in [1.29, 1.82) is 0 Å². The number of nitrogens with zero attached hydrogens (tertiary/aromatic N) is 1. The molecule has 1 aliphatic heterocycles. The molecule has 1 aromatic rings. The summed E-state index contributed by atoms with van der Waals surface area (Å²) in [6.07, 6.45) is 1.15. The van der Waals surface area contributed by atoms with E-state index in [1.165, 1.54) is 0 Å². The molecule has 0 radical (unpaired) electrons. The Morgan fingerprint density at radius 2 is 2.38 bits per heavy atom. The molecular formula is C12H17ClN2O. The van der Waals surface area contributed by atoms with Crippen molar-refractivity contribution in [3.8, 4) is 5.75 Å². The highest BCUT2D eigenvalue weighted by atomic mass is 35.5. The van der Waals surface area contributed by atoms with Gasteiger partial charge in [0.05, 0.1) is 0 Å². The van der Waals surface area contributed by atoms with Gasteiger partial charge in [-0.1, -0.05) is 17.7 Å². The van der Waals surface area contributed by atoms with Crippen LogP contribution in [0, 0.1) is 0 Å². The van der Waals surface area contributed by atoms with E-state index >= 15 is 0 Å². The monoisotopic (exact) mass is 240 g/mol. The first kappa shape index (κ1) is 11.7. The number of halogens is 1. The van der Waals surface area contributed by atoms with Gasteiger partial charge in [-0.05, 0) is 32.1 Å². The smallest absolute Gasteiger partial charge is 0.121 e. The largest absolute Gasteiger partial charge is 0.508 e. The molecule has 1 saturated heterocycles. The van der Waals surface area contributed by atoms with Gasteiger partial charge in [0.2, 0.25) is 0 Å². The molecule has 2 rings (SSSR count). The maximum atomic E-state index is 9.76. The molecule has 1 atom stereocenters. The van der Waals surface area contributed by atoms with E-state index < -0.39 is 0 Å². The summed E-state index contributed by atoms with van der Waals surface area (Å²) in [6, 6.07) is 5.80. The number of hydrogen-bond acceptors (Lipinski definition) is 3. The zero-order chi connectivity index (χ0) is 11.5. The summed E-state index contributed by atoms with van der Waals surface area (Å²) in [6.45, 7) is 2.78. The average molecular weight is 241 g/mol. The highest BCUT2D eigenvalue weighted by molar-refractivity contribution is 6.31. The molecule has 0 amide bonds. The topological polar surface area (TPSA) is 35.5 Å². The van der Waals surface area contributed by atoms with E-state index in [2.05, 4.69) is 17.3 Å². The van der Waals surface area contributed by atoms with Crippen molar-refractivity contribution < 1.29 is 5.11 Å². The molecule has 1 unspecified atom stereocenters. The third-order valence-corrected chi connectivity index (χ3v) is 3.51. The Bertz CT molecular complexity index is 344. The number of likely N-dealkylation sites (N-methyl/N-ethyl adjacent to an activating group) is 1. The SMILES string of the molecule is CN(Cc1c(O)cccc1Cl)C1CCNC1. The van der Waals surface area contributed by atoms with Crippen molar-refractivity contribution in [2.45, 2.75) is 19.0 Å². The fourth-order valence-electron chi connectivity index (χ4n) is 2.10. The summed E-state index contributed by atoms with van der Waals surface area (Å²) in [5, 5.41) is 13.7. The van der Waals surface area contributed by atoms with Crippen LogP contribution in [0.3, 0.4) is 0 Å². The van der Waals surface area contributed by atoms with Gasteiger partial charge in [-0.15, -0.1) is 0 Å². The van der Waals surface area contributed by atoms with Gasteiger partial charge < -0.3 is 10.4 Å². The van der Waals surface area contributed by atoms with Crippen LogP contribution in [0.4, 0.5) is 0 Å². The lowest BCUT2D eigenvalue weighted by atomic mass is 10.1. The first-order chi connectivity index (χ1) is 7.68. The van der Waals surface area contributed by atoms with Crippen LogP contribution in [-0.2, 0) is 6.54 Å². The number of benzene rings is 1. The molecule has 0 aromatic heterocycles. The van der Waals surface area contributed by atoms with Gasteiger partial charge in [0.1, 0.15) is 5.75 Å². The third-order valence-electron chi connectivity index (χ3n) is 3.16. The molecule has 0 saturated carbocycles. The van der Waals surface area contributed by atoms with Crippen LogP contribution in [0.15, 0.2) is 18.2 Å².